The fourth-order valence-electron chi connectivity index (χ4n) is 3.05. The molecule has 132 valence electrons. The van der Waals surface area contributed by atoms with Crippen LogP contribution in [-0.2, 0) is 6.54 Å². The average Bonchev–Trinajstić information content (AvgIpc) is 3.42. The summed E-state index contributed by atoms with van der Waals surface area (Å²) in [6, 6.07) is 18.2. The van der Waals surface area contributed by atoms with Crippen molar-refractivity contribution in [2.45, 2.75) is 32.4 Å². The molecule has 0 bridgehead atoms. The molecule has 2 aromatic carbocycles. The van der Waals surface area contributed by atoms with Crippen LogP contribution in [0, 0.1) is 6.92 Å². The van der Waals surface area contributed by atoms with Crippen molar-refractivity contribution < 1.29 is 4.79 Å². The molecule has 3 aromatic rings. The average molecular weight is 411 g/mol. The van der Waals surface area contributed by atoms with Crippen molar-refractivity contribution in [1.29, 1.82) is 0 Å². The highest BCUT2D eigenvalue weighted by molar-refractivity contribution is 9.10. The molecule has 1 aromatic heterocycles. The highest BCUT2D eigenvalue weighted by Gasteiger charge is 2.35. The smallest absolute Gasteiger partial charge is 0.276 e. The molecule has 5 nitrogen and oxygen atoms in total. The second-order valence-corrected chi connectivity index (χ2v) is 7.48. The Morgan fingerprint density at radius 2 is 1.96 bits per heavy atom. The van der Waals surface area contributed by atoms with Gasteiger partial charge in [0, 0.05) is 17.1 Å². The van der Waals surface area contributed by atoms with Gasteiger partial charge in [-0.05, 0) is 43.5 Å². The van der Waals surface area contributed by atoms with Crippen LogP contribution in [0.15, 0.2) is 59.1 Å². The zero-order valence-corrected chi connectivity index (χ0v) is 16.1. The minimum absolute atomic E-state index is 0.0462. The lowest BCUT2D eigenvalue weighted by Gasteiger charge is -2.21. The van der Waals surface area contributed by atoms with Crippen molar-refractivity contribution in [3.63, 3.8) is 0 Å². The molecule has 0 radical (unpaired) electrons. The molecule has 26 heavy (non-hydrogen) atoms. The van der Waals surface area contributed by atoms with Gasteiger partial charge in [0.25, 0.3) is 5.91 Å². The van der Waals surface area contributed by atoms with Crippen molar-refractivity contribution in [3.05, 3.63) is 76.0 Å². The van der Waals surface area contributed by atoms with Gasteiger partial charge in [0.1, 0.15) is 0 Å². The Morgan fingerprint density at radius 1 is 1.19 bits per heavy atom. The fourth-order valence-corrected chi connectivity index (χ4v) is 3.44. The number of halogens is 1. The van der Waals surface area contributed by atoms with Gasteiger partial charge in [0.05, 0.1) is 11.4 Å². The van der Waals surface area contributed by atoms with E-state index in [1.54, 1.807) is 4.68 Å². The number of amides is 1. The molecule has 0 atom stereocenters. The van der Waals surface area contributed by atoms with E-state index in [0.29, 0.717) is 18.3 Å². The standard InChI is InChI=1S/C20H19BrN4O/c1-14-19(22-23-25(14)18-9-5-8-16(21)12-18)20(26)24(17-10-11-17)13-15-6-3-2-4-7-15/h2-9,12,17H,10-11,13H2,1H3. The summed E-state index contributed by atoms with van der Waals surface area (Å²) in [4.78, 5) is 15.1. The number of aromatic nitrogens is 3. The zero-order valence-electron chi connectivity index (χ0n) is 14.5. The summed E-state index contributed by atoms with van der Waals surface area (Å²) in [7, 11) is 0. The minimum Gasteiger partial charge on any atom is -0.330 e. The Bertz CT molecular complexity index is 934. The highest BCUT2D eigenvalue weighted by atomic mass is 79.9. The van der Waals surface area contributed by atoms with Crippen molar-refractivity contribution in [1.82, 2.24) is 19.9 Å². The number of hydrogen-bond donors (Lipinski definition) is 0. The summed E-state index contributed by atoms with van der Waals surface area (Å²) in [5, 5.41) is 8.42. The molecule has 0 aliphatic heterocycles. The number of carbonyl (C=O) groups is 1. The third-order valence-electron chi connectivity index (χ3n) is 4.59. The fraction of sp³-hybridized carbons (Fsp3) is 0.250. The van der Waals surface area contributed by atoms with E-state index < -0.39 is 0 Å². The van der Waals surface area contributed by atoms with Gasteiger partial charge >= 0.3 is 0 Å². The van der Waals surface area contributed by atoms with Crippen LogP contribution in [0.4, 0.5) is 0 Å². The van der Waals surface area contributed by atoms with Crippen molar-refractivity contribution in [3.8, 4) is 5.69 Å². The topological polar surface area (TPSA) is 51.0 Å². The molecule has 1 aliphatic carbocycles. The van der Waals surface area contributed by atoms with Crippen LogP contribution < -0.4 is 0 Å². The largest absolute Gasteiger partial charge is 0.330 e. The van der Waals surface area contributed by atoms with Crippen LogP contribution in [0.5, 0.6) is 0 Å². The molecule has 1 heterocycles. The summed E-state index contributed by atoms with van der Waals surface area (Å²) in [6.45, 7) is 2.50. The van der Waals surface area contributed by atoms with E-state index in [1.165, 1.54) is 0 Å². The van der Waals surface area contributed by atoms with Crippen LogP contribution in [0.3, 0.4) is 0 Å². The summed E-state index contributed by atoms with van der Waals surface area (Å²) in [6.07, 6.45) is 2.11. The van der Waals surface area contributed by atoms with Gasteiger partial charge in [-0.15, -0.1) is 5.10 Å². The number of nitrogens with zero attached hydrogens (tertiary/aromatic N) is 4. The monoisotopic (exact) mass is 410 g/mol. The van der Waals surface area contributed by atoms with Crippen LogP contribution in [0.2, 0.25) is 0 Å². The molecule has 1 amide bonds. The first-order chi connectivity index (χ1) is 12.6. The summed E-state index contributed by atoms with van der Waals surface area (Å²) in [5.41, 5.74) is 3.19. The maximum absolute atomic E-state index is 13.2. The van der Waals surface area contributed by atoms with Gasteiger partial charge in [-0.1, -0.05) is 57.5 Å². The molecular weight excluding hydrogens is 392 g/mol. The highest BCUT2D eigenvalue weighted by Crippen LogP contribution is 2.30. The number of carbonyl (C=O) groups excluding carboxylic acids is 1. The Hall–Kier alpha value is -2.47. The third-order valence-corrected chi connectivity index (χ3v) is 5.09. The molecule has 1 fully saturated rings. The molecule has 0 saturated heterocycles. The normalized spacial score (nSPS) is 13.6. The second-order valence-electron chi connectivity index (χ2n) is 6.56. The molecule has 1 aliphatic rings. The first-order valence-corrected chi connectivity index (χ1v) is 9.46. The van der Waals surface area contributed by atoms with Gasteiger partial charge in [-0.25, -0.2) is 4.68 Å². The minimum atomic E-state index is -0.0462. The third kappa shape index (κ3) is 3.42. The molecule has 6 heteroatoms. The van der Waals surface area contributed by atoms with E-state index in [9.17, 15) is 4.79 Å². The maximum atomic E-state index is 13.2. The molecule has 1 saturated carbocycles. The van der Waals surface area contributed by atoms with Crippen molar-refractivity contribution in [2.24, 2.45) is 0 Å². The van der Waals surface area contributed by atoms with Gasteiger partial charge < -0.3 is 4.90 Å². The quantitative estimate of drug-likeness (QED) is 0.634. The second kappa shape index (κ2) is 7.03. The number of rotatable bonds is 5. The first kappa shape index (κ1) is 17.0. The van der Waals surface area contributed by atoms with E-state index in [0.717, 1.165) is 34.3 Å². The molecule has 0 unspecified atom stereocenters. The Balaban J connectivity index is 1.63. The van der Waals surface area contributed by atoms with E-state index in [1.807, 2.05) is 66.4 Å². The molecule has 4 rings (SSSR count). The van der Waals surface area contributed by atoms with Crippen LogP contribution in [0.25, 0.3) is 5.69 Å². The van der Waals surface area contributed by atoms with Gasteiger partial charge in [-0.3, -0.25) is 4.79 Å². The van der Waals surface area contributed by atoms with E-state index in [4.69, 9.17) is 0 Å². The summed E-state index contributed by atoms with van der Waals surface area (Å²) < 4.78 is 2.67. The lowest BCUT2D eigenvalue weighted by molar-refractivity contribution is 0.0723. The Kier molecular flexibility index (Phi) is 4.59. The van der Waals surface area contributed by atoms with Gasteiger partial charge in [0.15, 0.2) is 5.69 Å². The lowest BCUT2D eigenvalue weighted by atomic mass is 10.2. The van der Waals surface area contributed by atoms with Crippen LogP contribution >= 0.6 is 15.9 Å². The first-order valence-electron chi connectivity index (χ1n) is 8.66. The molecule has 0 spiro atoms. The zero-order chi connectivity index (χ0) is 18.1. The molecule has 0 N–H and O–H groups in total. The maximum Gasteiger partial charge on any atom is 0.276 e. The Morgan fingerprint density at radius 3 is 2.65 bits per heavy atom. The van der Waals surface area contributed by atoms with Crippen LogP contribution in [0.1, 0.15) is 34.6 Å². The van der Waals surface area contributed by atoms with Crippen LogP contribution in [-0.4, -0.2) is 31.8 Å². The predicted molar refractivity (Wildman–Crippen MR) is 103 cm³/mol. The summed E-state index contributed by atoms with van der Waals surface area (Å²) >= 11 is 3.47. The van der Waals surface area contributed by atoms with Crippen molar-refractivity contribution in [2.75, 3.05) is 0 Å². The summed E-state index contributed by atoms with van der Waals surface area (Å²) in [5.74, 6) is -0.0462. The van der Waals surface area contributed by atoms with Gasteiger partial charge in [0.2, 0.25) is 0 Å². The SMILES string of the molecule is Cc1c(C(=O)N(Cc2ccccc2)C2CC2)nnn1-c1cccc(Br)c1. The predicted octanol–water partition coefficient (Wildman–Crippen LogP) is 4.14. The Labute approximate surface area is 160 Å². The number of benzene rings is 2. The molecular formula is C20H19BrN4O. The van der Waals surface area contributed by atoms with E-state index in [-0.39, 0.29) is 5.91 Å². The van der Waals surface area contributed by atoms with Gasteiger partial charge in [-0.2, -0.15) is 0 Å². The van der Waals surface area contributed by atoms with E-state index in [2.05, 4.69) is 26.2 Å². The lowest BCUT2D eigenvalue weighted by Crippen LogP contribution is -2.33. The van der Waals surface area contributed by atoms with E-state index >= 15 is 0 Å². The van der Waals surface area contributed by atoms with Crippen molar-refractivity contribution >= 4 is 21.8 Å². The number of hydrogen-bond acceptors (Lipinski definition) is 3.